The van der Waals surface area contributed by atoms with Crippen molar-refractivity contribution in [2.75, 3.05) is 10.6 Å². The van der Waals surface area contributed by atoms with Gasteiger partial charge in [0.2, 0.25) is 5.91 Å². The molecule has 168 valence electrons. The molecule has 2 heterocycles. The molecule has 0 aliphatic heterocycles. The summed E-state index contributed by atoms with van der Waals surface area (Å²) in [5.41, 5.74) is 4.06. The Labute approximate surface area is 200 Å². The lowest BCUT2D eigenvalue weighted by molar-refractivity contribution is -0.115. The Morgan fingerprint density at radius 2 is 1.70 bits per heavy atom. The van der Waals surface area contributed by atoms with E-state index >= 15 is 0 Å². The Hall–Kier alpha value is -3.55. The van der Waals surface area contributed by atoms with Gasteiger partial charge in [-0.15, -0.1) is 0 Å². The smallest absolute Gasteiger partial charge is 0.291 e. The van der Waals surface area contributed by atoms with Gasteiger partial charge in [0.25, 0.3) is 5.91 Å². The average molecular weight is 483 g/mol. The number of aryl methyl sites for hydroxylation is 1. The normalized spacial score (nSPS) is 10.8. The van der Waals surface area contributed by atoms with Crippen LogP contribution in [0.3, 0.4) is 0 Å². The fraction of sp³-hybridized carbons (Fsp3) is 0.125. The molecule has 2 amide bonds. The highest BCUT2D eigenvalue weighted by molar-refractivity contribution is 6.31. The van der Waals surface area contributed by atoms with Gasteiger partial charge in [0, 0.05) is 21.3 Å². The molecule has 0 fully saturated rings. The predicted molar refractivity (Wildman–Crippen MR) is 128 cm³/mol. The molecule has 33 heavy (non-hydrogen) atoms. The lowest BCUT2D eigenvalue weighted by Gasteiger charge is -2.12. The van der Waals surface area contributed by atoms with Crippen LogP contribution >= 0.6 is 23.2 Å². The molecule has 0 atom stereocenters. The second-order valence-corrected chi connectivity index (χ2v) is 8.26. The van der Waals surface area contributed by atoms with Gasteiger partial charge in [0.15, 0.2) is 5.76 Å². The van der Waals surface area contributed by atoms with Crippen LogP contribution in [-0.2, 0) is 11.2 Å². The Bertz CT molecular complexity index is 1310. The second kappa shape index (κ2) is 9.52. The third kappa shape index (κ3) is 5.10. The molecular weight excluding hydrogens is 463 g/mol. The van der Waals surface area contributed by atoms with E-state index in [2.05, 4.69) is 15.7 Å². The van der Waals surface area contributed by atoms with Crippen molar-refractivity contribution in [3.63, 3.8) is 0 Å². The second-order valence-electron chi connectivity index (χ2n) is 7.38. The molecule has 4 aromatic rings. The number of nitrogens with one attached hydrogen (secondary N) is 2. The van der Waals surface area contributed by atoms with Crippen molar-refractivity contribution >= 4 is 46.4 Å². The zero-order chi connectivity index (χ0) is 23.5. The number of anilines is 2. The molecule has 0 aliphatic carbocycles. The van der Waals surface area contributed by atoms with Gasteiger partial charge in [-0.25, -0.2) is 4.68 Å². The predicted octanol–water partition coefficient (Wildman–Crippen LogP) is 5.82. The highest BCUT2D eigenvalue weighted by atomic mass is 35.5. The quantitative estimate of drug-likeness (QED) is 0.362. The van der Waals surface area contributed by atoms with Gasteiger partial charge in [-0.1, -0.05) is 23.2 Å². The topological polar surface area (TPSA) is 89.2 Å². The van der Waals surface area contributed by atoms with Gasteiger partial charge >= 0.3 is 0 Å². The standard InChI is InChI=1S/C24H20Cl2N4O3/c1-14-19(15(2)30(29-14)18-8-5-16(25)6-9-18)13-23(31)27-20-10-7-17(26)12-21(20)28-24(32)22-4-3-11-33-22/h3-12H,13H2,1-2H3,(H,27,31)(H,28,32). The van der Waals surface area contributed by atoms with Gasteiger partial charge in [0.05, 0.1) is 35.4 Å². The summed E-state index contributed by atoms with van der Waals surface area (Å²) in [6, 6.07) is 15.3. The Morgan fingerprint density at radius 1 is 0.970 bits per heavy atom. The molecule has 0 bridgehead atoms. The summed E-state index contributed by atoms with van der Waals surface area (Å²) in [4.78, 5) is 25.3. The van der Waals surface area contributed by atoms with Crippen LogP contribution in [-0.4, -0.2) is 21.6 Å². The number of nitrogens with zero attached hydrogens (tertiary/aromatic N) is 2. The zero-order valence-electron chi connectivity index (χ0n) is 17.9. The highest BCUT2D eigenvalue weighted by Crippen LogP contribution is 2.27. The Balaban J connectivity index is 1.53. The van der Waals surface area contributed by atoms with Gasteiger partial charge < -0.3 is 15.1 Å². The number of halogens is 2. The van der Waals surface area contributed by atoms with Gasteiger partial charge in [-0.3, -0.25) is 9.59 Å². The van der Waals surface area contributed by atoms with E-state index in [4.69, 9.17) is 27.6 Å². The van der Waals surface area contributed by atoms with Crippen molar-refractivity contribution in [1.29, 1.82) is 0 Å². The average Bonchev–Trinajstić information content (AvgIpc) is 3.41. The summed E-state index contributed by atoms with van der Waals surface area (Å²) in [5, 5.41) is 11.2. The van der Waals surface area contributed by atoms with E-state index in [0.29, 0.717) is 21.4 Å². The Morgan fingerprint density at radius 3 is 2.39 bits per heavy atom. The van der Waals surface area contributed by atoms with Crippen LogP contribution in [0, 0.1) is 13.8 Å². The molecule has 2 aromatic heterocycles. The number of aromatic nitrogens is 2. The minimum Gasteiger partial charge on any atom is -0.459 e. The monoisotopic (exact) mass is 482 g/mol. The fourth-order valence-corrected chi connectivity index (χ4v) is 3.74. The third-order valence-corrected chi connectivity index (χ3v) is 5.59. The molecule has 2 aromatic carbocycles. The highest BCUT2D eigenvalue weighted by Gasteiger charge is 2.18. The van der Waals surface area contributed by atoms with Crippen LogP contribution in [0.1, 0.15) is 27.5 Å². The first-order chi connectivity index (χ1) is 15.8. The number of hydrogen-bond acceptors (Lipinski definition) is 4. The molecule has 9 heteroatoms. The first-order valence-electron chi connectivity index (χ1n) is 10.1. The van der Waals surface area contributed by atoms with Crippen molar-refractivity contribution in [1.82, 2.24) is 9.78 Å². The first kappa shape index (κ1) is 22.6. The first-order valence-corrected chi connectivity index (χ1v) is 10.8. The minimum atomic E-state index is -0.450. The lowest BCUT2D eigenvalue weighted by Crippen LogP contribution is -2.18. The molecule has 4 rings (SSSR count). The van der Waals surface area contributed by atoms with Crippen LogP contribution in [0.25, 0.3) is 5.69 Å². The van der Waals surface area contributed by atoms with E-state index in [1.807, 2.05) is 26.0 Å². The molecule has 0 spiro atoms. The van der Waals surface area contributed by atoms with Crippen LogP contribution in [0.2, 0.25) is 10.0 Å². The van der Waals surface area contributed by atoms with Gasteiger partial charge in [-0.05, 0) is 68.4 Å². The van der Waals surface area contributed by atoms with Crippen molar-refractivity contribution < 1.29 is 14.0 Å². The molecule has 0 radical (unpaired) electrons. The van der Waals surface area contributed by atoms with Crippen molar-refractivity contribution in [3.05, 3.63) is 93.6 Å². The summed E-state index contributed by atoms with van der Waals surface area (Å²) >= 11 is 12.1. The number of furan rings is 1. The van der Waals surface area contributed by atoms with Crippen molar-refractivity contribution in [2.45, 2.75) is 20.3 Å². The number of benzene rings is 2. The van der Waals surface area contributed by atoms with E-state index in [9.17, 15) is 9.59 Å². The molecule has 7 nitrogen and oxygen atoms in total. The van der Waals surface area contributed by atoms with E-state index < -0.39 is 5.91 Å². The van der Waals surface area contributed by atoms with Crippen LogP contribution in [0.4, 0.5) is 11.4 Å². The molecule has 0 saturated heterocycles. The fourth-order valence-electron chi connectivity index (χ4n) is 3.44. The maximum atomic E-state index is 12.9. The number of hydrogen-bond donors (Lipinski definition) is 2. The largest absolute Gasteiger partial charge is 0.459 e. The van der Waals surface area contributed by atoms with E-state index in [1.165, 1.54) is 6.26 Å². The van der Waals surface area contributed by atoms with Crippen molar-refractivity contribution in [3.8, 4) is 5.69 Å². The van der Waals surface area contributed by atoms with E-state index in [-0.39, 0.29) is 18.1 Å². The van der Waals surface area contributed by atoms with Gasteiger partial charge in [-0.2, -0.15) is 5.10 Å². The molecule has 0 saturated carbocycles. The van der Waals surface area contributed by atoms with E-state index in [1.54, 1.807) is 47.1 Å². The van der Waals surface area contributed by atoms with Gasteiger partial charge in [0.1, 0.15) is 0 Å². The van der Waals surface area contributed by atoms with Crippen LogP contribution in [0.5, 0.6) is 0 Å². The number of amides is 2. The van der Waals surface area contributed by atoms with Crippen LogP contribution in [0.15, 0.2) is 65.3 Å². The summed E-state index contributed by atoms with van der Waals surface area (Å²) < 4.78 is 6.90. The van der Waals surface area contributed by atoms with Crippen LogP contribution < -0.4 is 10.6 Å². The Kier molecular flexibility index (Phi) is 6.53. The number of carbonyl (C=O) groups excluding carboxylic acids is 2. The number of rotatable bonds is 6. The summed E-state index contributed by atoms with van der Waals surface area (Å²) in [7, 11) is 0. The number of carbonyl (C=O) groups is 2. The maximum Gasteiger partial charge on any atom is 0.291 e. The summed E-state index contributed by atoms with van der Waals surface area (Å²) in [6.07, 6.45) is 1.52. The molecule has 0 unspecified atom stereocenters. The van der Waals surface area contributed by atoms with Crippen molar-refractivity contribution in [2.24, 2.45) is 0 Å². The molecular formula is C24H20Cl2N4O3. The zero-order valence-corrected chi connectivity index (χ0v) is 19.4. The SMILES string of the molecule is Cc1nn(-c2ccc(Cl)cc2)c(C)c1CC(=O)Nc1ccc(Cl)cc1NC(=O)c1ccco1. The summed E-state index contributed by atoms with van der Waals surface area (Å²) in [6.45, 7) is 3.77. The molecule has 0 aliphatic rings. The summed E-state index contributed by atoms with van der Waals surface area (Å²) in [5.74, 6) is -0.561. The van der Waals surface area contributed by atoms with E-state index in [0.717, 1.165) is 22.6 Å². The third-order valence-electron chi connectivity index (χ3n) is 5.10. The molecule has 2 N–H and O–H groups in total. The minimum absolute atomic E-state index is 0.111. The maximum absolute atomic E-state index is 12.9. The lowest BCUT2D eigenvalue weighted by atomic mass is 10.1.